The maximum atomic E-state index is 14.4. The Labute approximate surface area is 215 Å². The van der Waals surface area contributed by atoms with Crippen LogP contribution < -0.4 is 0 Å². The number of nitrogens with zero attached hydrogens (tertiary/aromatic N) is 3. The molecule has 4 fully saturated rings. The van der Waals surface area contributed by atoms with Gasteiger partial charge in [0.2, 0.25) is 17.7 Å². The Bertz CT molecular complexity index is 856. The van der Waals surface area contributed by atoms with Gasteiger partial charge in [-0.25, -0.2) is 0 Å². The summed E-state index contributed by atoms with van der Waals surface area (Å²) in [6.07, 6.45) is 11.8. The van der Waals surface area contributed by atoms with E-state index in [-0.39, 0.29) is 36.5 Å². The molecule has 1 aliphatic carbocycles. The van der Waals surface area contributed by atoms with E-state index in [2.05, 4.69) is 13.2 Å². The molecule has 5 atom stereocenters. The van der Waals surface area contributed by atoms with E-state index < -0.39 is 23.5 Å². The van der Waals surface area contributed by atoms with E-state index in [1.807, 2.05) is 4.90 Å². The molecule has 4 aliphatic rings. The van der Waals surface area contributed by atoms with Gasteiger partial charge in [-0.15, -0.1) is 13.2 Å². The normalized spacial score (nSPS) is 31.4. The summed E-state index contributed by atoms with van der Waals surface area (Å²) in [6.45, 7) is 9.02. The zero-order chi connectivity index (χ0) is 25.9. The van der Waals surface area contributed by atoms with Gasteiger partial charge in [0.15, 0.2) is 0 Å². The molecule has 36 heavy (non-hydrogen) atoms. The monoisotopic (exact) mass is 501 g/mol. The molecule has 0 aromatic heterocycles. The van der Waals surface area contributed by atoms with Crippen molar-refractivity contribution in [1.82, 2.24) is 14.7 Å². The van der Waals surface area contributed by atoms with Crippen molar-refractivity contribution < 1.29 is 24.2 Å². The van der Waals surface area contributed by atoms with Gasteiger partial charge in [0, 0.05) is 39.3 Å². The average Bonchev–Trinajstić information content (AvgIpc) is 3.52. The first-order valence-electron chi connectivity index (χ1n) is 13.8. The molecule has 0 aromatic rings. The highest BCUT2D eigenvalue weighted by Crippen LogP contribution is 2.59. The highest BCUT2D eigenvalue weighted by molar-refractivity contribution is 5.99. The van der Waals surface area contributed by atoms with Crippen LogP contribution in [0.4, 0.5) is 0 Å². The summed E-state index contributed by atoms with van der Waals surface area (Å²) in [5, 5.41) is 9.21. The summed E-state index contributed by atoms with van der Waals surface area (Å²) >= 11 is 0. The predicted molar refractivity (Wildman–Crippen MR) is 137 cm³/mol. The first kappa shape index (κ1) is 26.9. The lowest BCUT2D eigenvalue weighted by molar-refractivity contribution is -0.150. The molecule has 1 saturated carbocycles. The SMILES string of the molecule is C=CCN(C)C(=O)[C@@H]1[C@@H]2CCC3(O2)C(C(=O)N(CC=C)C2CCCCC2)N(CCCCCO)C(=O)[C@H]13. The summed E-state index contributed by atoms with van der Waals surface area (Å²) in [5.41, 5.74) is -0.959. The van der Waals surface area contributed by atoms with E-state index in [9.17, 15) is 19.5 Å². The first-order chi connectivity index (χ1) is 17.4. The number of ether oxygens (including phenoxy) is 1. The highest BCUT2D eigenvalue weighted by Gasteiger charge is 2.74. The largest absolute Gasteiger partial charge is 0.396 e. The number of likely N-dealkylation sites (tertiary alicyclic amines) is 1. The molecule has 8 nitrogen and oxygen atoms in total. The van der Waals surface area contributed by atoms with E-state index in [1.54, 1.807) is 29.0 Å². The number of carbonyl (C=O) groups excluding carboxylic acids is 3. The molecule has 2 unspecified atom stereocenters. The lowest BCUT2D eigenvalue weighted by Gasteiger charge is -2.40. The van der Waals surface area contributed by atoms with Crippen LogP contribution in [0.15, 0.2) is 25.3 Å². The third-order valence-corrected chi connectivity index (χ3v) is 8.78. The van der Waals surface area contributed by atoms with Crippen LogP contribution in [0.3, 0.4) is 0 Å². The zero-order valence-corrected chi connectivity index (χ0v) is 21.8. The van der Waals surface area contributed by atoms with Crippen molar-refractivity contribution in [3.05, 3.63) is 25.3 Å². The van der Waals surface area contributed by atoms with Crippen LogP contribution in [0.2, 0.25) is 0 Å². The molecular weight excluding hydrogens is 458 g/mol. The highest BCUT2D eigenvalue weighted by atomic mass is 16.5. The molecule has 2 bridgehead atoms. The fourth-order valence-electron chi connectivity index (χ4n) is 7.17. The number of hydrogen-bond acceptors (Lipinski definition) is 5. The van der Waals surface area contributed by atoms with Gasteiger partial charge < -0.3 is 24.5 Å². The van der Waals surface area contributed by atoms with Crippen molar-refractivity contribution in [3.63, 3.8) is 0 Å². The Morgan fingerprint density at radius 3 is 2.47 bits per heavy atom. The van der Waals surface area contributed by atoms with E-state index in [1.165, 1.54) is 6.42 Å². The van der Waals surface area contributed by atoms with Crippen LogP contribution in [0.1, 0.15) is 64.2 Å². The Morgan fingerprint density at radius 1 is 1.08 bits per heavy atom. The second kappa shape index (κ2) is 11.5. The third-order valence-electron chi connectivity index (χ3n) is 8.78. The molecule has 3 aliphatic heterocycles. The number of unbranched alkanes of at least 4 members (excludes halogenated alkanes) is 2. The van der Waals surface area contributed by atoms with E-state index >= 15 is 0 Å². The molecule has 3 amide bonds. The van der Waals surface area contributed by atoms with Crippen LogP contribution in [0.25, 0.3) is 0 Å². The van der Waals surface area contributed by atoms with E-state index in [0.717, 1.165) is 32.1 Å². The van der Waals surface area contributed by atoms with Crippen molar-refractivity contribution in [2.75, 3.05) is 33.3 Å². The summed E-state index contributed by atoms with van der Waals surface area (Å²) in [5.74, 6) is -1.51. The molecule has 1 spiro atoms. The van der Waals surface area contributed by atoms with Crippen LogP contribution in [0, 0.1) is 11.8 Å². The van der Waals surface area contributed by atoms with Crippen molar-refractivity contribution >= 4 is 17.7 Å². The number of rotatable bonds is 12. The zero-order valence-electron chi connectivity index (χ0n) is 21.8. The minimum atomic E-state index is -0.959. The molecule has 3 saturated heterocycles. The fourth-order valence-corrected chi connectivity index (χ4v) is 7.17. The third kappa shape index (κ3) is 4.62. The maximum Gasteiger partial charge on any atom is 0.248 e. The van der Waals surface area contributed by atoms with Gasteiger partial charge in [0.25, 0.3) is 0 Å². The van der Waals surface area contributed by atoms with Crippen molar-refractivity contribution in [2.45, 2.75) is 88.0 Å². The molecule has 0 radical (unpaired) electrons. The van der Waals surface area contributed by atoms with Gasteiger partial charge in [-0.1, -0.05) is 31.4 Å². The van der Waals surface area contributed by atoms with Crippen LogP contribution in [-0.2, 0) is 19.1 Å². The van der Waals surface area contributed by atoms with Gasteiger partial charge in [-0.3, -0.25) is 14.4 Å². The standard InChI is InChI=1S/C28H43N3O5/c1-4-16-29(3)25(33)22-21-14-15-28(36-21)23(22)26(34)31(18-10-7-11-19-32)24(28)27(35)30(17-5-2)20-12-8-6-9-13-20/h4-5,20-24,32H,1-2,6-19H2,3H3/t21-,22+,23-,24?,28?/m0/s1. The number of hydrogen-bond donors (Lipinski definition) is 1. The quantitative estimate of drug-likeness (QED) is 0.328. The number of fused-ring (bicyclic) bond motifs is 1. The Kier molecular flexibility index (Phi) is 8.56. The Balaban J connectivity index is 1.68. The molecular formula is C28H43N3O5. The van der Waals surface area contributed by atoms with Crippen LogP contribution in [0.5, 0.6) is 0 Å². The fraction of sp³-hybridized carbons (Fsp3) is 0.750. The summed E-state index contributed by atoms with van der Waals surface area (Å²) in [4.78, 5) is 47.1. The number of aliphatic hydroxyl groups is 1. The number of carbonyl (C=O) groups is 3. The second-order valence-electron chi connectivity index (χ2n) is 11.0. The van der Waals surface area contributed by atoms with Gasteiger partial charge in [0.05, 0.1) is 17.9 Å². The maximum absolute atomic E-state index is 14.4. The Hall–Kier alpha value is -2.19. The second-order valence-corrected chi connectivity index (χ2v) is 11.0. The summed E-state index contributed by atoms with van der Waals surface area (Å²) in [6, 6.07) is -0.584. The smallest absolute Gasteiger partial charge is 0.248 e. The van der Waals surface area contributed by atoms with E-state index in [4.69, 9.17) is 4.74 Å². The number of amides is 3. The van der Waals surface area contributed by atoms with E-state index in [0.29, 0.717) is 45.3 Å². The predicted octanol–water partition coefficient (Wildman–Crippen LogP) is 2.52. The molecule has 0 aromatic carbocycles. The van der Waals surface area contributed by atoms with Gasteiger partial charge in [-0.05, 0) is 44.9 Å². The van der Waals surface area contributed by atoms with Gasteiger partial charge >= 0.3 is 0 Å². The minimum absolute atomic E-state index is 0.0620. The summed E-state index contributed by atoms with van der Waals surface area (Å²) in [7, 11) is 1.73. The topological polar surface area (TPSA) is 90.4 Å². The number of aliphatic hydroxyl groups excluding tert-OH is 1. The molecule has 8 heteroatoms. The van der Waals surface area contributed by atoms with Crippen molar-refractivity contribution in [3.8, 4) is 0 Å². The van der Waals surface area contributed by atoms with Crippen LogP contribution >= 0.6 is 0 Å². The van der Waals surface area contributed by atoms with Gasteiger partial charge in [-0.2, -0.15) is 0 Å². The van der Waals surface area contributed by atoms with Crippen molar-refractivity contribution in [1.29, 1.82) is 0 Å². The van der Waals surface area contributed by atoms with Crippen LogP contribution in [-0.4, -0.2) is 94.6 Å². The average molecular weight is 502 g/mol. The molecule has 4 rings (SSSR count). The minimum Gasteiger partial charge on any atom is -0.396 e. The lowest BCUT2D eigenvalue weighted by Crippen LogP contribution is -2.58. The lowest BCUT2D eigenvalue weighted by atomic mass is 9.70. The Morgan fingerprint density at radius 2 is 1.81 bits per heavy atom. The van der Waals surface area contributed by atoms with Crippen molar-refractivity contribution in [2.24, 2.45) is 11.8 Å². The molecule has 1 N–H and O–H groups in total. The van der Waals surface area contributed by atoms with Gasteiger partial charge in [0.1, 0.15) is 11.6 Å². The number of likely N-dealkylation sites (N-methyl/N-ethyl adjacent to an activating group) is 1. The summed E-state index contributed by atoms with van der Waals surface area (Å²) < 4.78 is 6.57. The molecule has 3 heterocycles. The first-order valence-corrected chi connectivity index (χ1v) is 13.8. The molecule has 200 valence electrons.